The molecule has 29 heavy (non-hydrogen) atoms. The minimum Gasteiger partial charge on any atom is -0.370 e. The summed E-state index contributed by atoms with van der Waals surface area (Å²) in [5.74, 6) is 1.13. The summed E-state index contributed by atoms with van der Waals surface area (Å²) in [5, 5.41) is 2.26. The Morgan fingerprint density at radius 1 is 1.10 bits per heavy atom. The van der Waals surface area contributed by atoms with Crippen molar-refractivity contribution in [1.82, 2.24) is 15.0 Å². The van der Waals surface area contributed by atoms with Crippen molar-refractivity contribution in [2.45, 2.75) is 89.4 Å². The summed E-state index contributed by atoms with van der Waals surface area (Å²) in [6.07, 6.45) is 12.0. The summed E-state index contributed by atoms with van der Waals surface area (Å²) in [7, 11) is 0. The smallest absolute Gasteiger partial charge is 0.126 e. The fourth-order valence-electron chi connectivity index (χ4n) is 3.90. The minimum atomic E-state index is -0.137. The third kappa shape index (κ3) is 4.92. The Kier molecular flexibility index (Phi) is 6.72. The van der Waals surface area contributed by atoms with Crippen LogP contribution in [0.25, 0.3) is 20.4 Å². The SMILES string of the molecule is CCCCCCCCCSc1ncnc2c1sc1nc3c(cc12)COC(C)(C)C3. The summed E-state index contributed by atoms with van der Waals surface area (Å²) in [5.41, 5.74) is 3.28. The molecule has 0 aliphatic carbocycles. The lowest BCUT2D eigenvalue weighted by Gasteiger charge is -2.30. The second-order valence-corrected chi connectivity index (χ2v) is 10.7. The number of hydrogen-bond donors (Lipinski definition) is 0. The van der Waals surface area contributed by atoms with E-state index in [0.717, 1.165) is 32.9 Å². The molecule has 4 heterocycles. The summed E-state index contributed by atoms with van der Waals surface area (Å²) < 4.78 is 7.17. The van der Waals surface area contributed by atoms with Gasteiger partial charge in [0, 0.05) is 17.4 Å². The largest absolute Gasteiger partial charge is 0.370 e. The van der Waals surface area contributed by atoms with Gasteiger partial charge in [-0.25, -0.2) is 15.0 Å². The van der Waals surface area contributed by atoms with E-state index >= 15 is 0 Å². The van der Waals surface area contributed by atoms with Crippen molar-refractivity contribution in [3.05, 3.63) is 23.7 Å². The average Bonchev–Trinajstić information content (AvgIpc) is 3.06. The number of thioether (sulfide) groups is 1. The maximum Gasteiger partial charge on any atom is 0.126 e. The van der Waals surface area contributed by atoms with Crippen molar-refractivity contribution >= 4 is 43.5 Å². The number of thiophene rings is 1. The van der Waals surface area contributed by atoms with E-state index in [9.17, 15) is 0 Å². The van der Waals surface area contributed by atoms with Crippen LogP contribution in [0.3, 0.4) is 0 Å². The molecule has 4 rings (SSSR count). The Hall–Kier alpha value is -1.24. The monoisotopic (exact) mass is 429 g/mol. The number of nitrogens with zero attached hydrogens (tertiary/aromatic N) is 3. The molecule has 0 N–H and O–H groups in total. The van der Waals surface area contributed by atoms with E-state index in [1.807, 2.05) is 11.8 Å². The van der Waals surface area contributed by atoms with E-state index < -0.39 is 0 Å². The lowest BCUT2D eigenvalue weighted by molar-refractivity contribution is -0.0411. The molecular weight excluding hydrogens is 398 g/mol. The predicted octanol–water partition coefficient (Wildman–Crippen LogP) is 6.93. The highest BCUT2D eigenvalue weighted by atomic mass is 32.2. The first-order valence-electron chi connectivity index (χ1n) is 10.9. The second kappa shape index (κ2) is 9.27. The standard InChI is InChI=1S/C23H31N3OS2/c1-4-5-6-7-8-9-10-11-28-22-20-19(24-15-25-22)17-12-16-14-27-23(2,3)13-18(16)26-21(17)29-20/h12,15H,4-11,13-14H2,1-3H3. The van der Waals surface area contributed by atoms with Crippen molar-refractivity contribution in [2.24, 2.45) is 0 Å². The number of hydrogen-bond acceptors (Lipinski definition) is 6. The molecule has 1 aliphatic heterocycles. The van der Waals surface area contributed by atoms with Gasteiger partial charge in [0.1, 0.15) is 16.2 Å². The first-order valence-corrected chi connectivity index (χ1v) is 12.7. The van der Waals surface area contributed by atoms with Gasteiger partial charge in [0.05, 0.1) is 28.1 Å². The Bertz CT molecular complexity index is 983. The van der Waals surface area contributed by atoms with Crippen LogP contribution in [-0.4, -0.2) is 26.3 Å². The van der Waals surface area contributed by atoms with E-state index in [4.69, 9.17) is 9.72 Å². The van der Waals surface area contributed by atoms with Gasteiger partial charge in [0.2, 0.25) is 0 Å². The van der Waals surface area contributed by atoms with Crippen molar-refractivity contribution in [3.63, 3.8) is 0 Å². The molecule has 0 amide bonds. The quantitative estimate of drug-likeness (QED) is 0.210. The summed E-state index contributed by atoms with van der Waals surface area (Å²) in [6, 6.07) is 2.24. The first-order chi connectivity index (χ1) is 14.1. The van der Waals surface area contributed by atoms with Crippen molar-refractivity contribution in [3.8, 4) is 0 Å². The Balaban J connectivity index is 1.47. The average molecular weight is 430 g/mol. The second-order valence-electron chi connectivity index (χ2n) is 8.60. The van der Waals surface area contributed by atoms with Crippen LogP contribution in [0.2, 0.25) is 0 Å². The Morgan fingerprint density at radius 2 is 1.90 bits per heavy atom. The molecule has 0 radical (unpaired) electrons. The lowest BCUT2D eigenvalue weighted by atomic mass is 9.95. The van der Waals surface area contributed by atoms with Crippen LogP contribution in [-0.2, 0) is 17.8 Å². The molecule has 4 nitrogen and oxygen atoms in total. The molecule has 0 aromatic carbocycles. The third-order valence-electron chi connectivity index (χ3n) is 5.58. The molecule has 0 atom stereocenters. The zero-order valence-corrected chi connectivity index (χ0v) is 19.4. The fraction of sp³-hybridized carbons (Fsp3) is 0.609. The van der Waals surface area contributed by atoms with Gasteiger partial charge in [0.25, 0.3) is 0 Å². The number of fused-ring (bicyclic) bond motifs is 4. The molecule has 6 heteroatoms. The highest BCUT2D eigenvalue weighted by molar-refractivity contribution is 7.99. The molecular formula is C23H31N3OS2. The van der Waals surface area contributed by atoms with E-state index in [1.54, 1.807) is 17.7 Å². The topological polar surface area (TPSA) is 47.9 Å². The molecule has 0 saturated heterocycles. The molecule has 0 saturated carbocycles. The molecule has 3 aromatic heterocycles. The van der Waals surface area contributed by atoms with Crippen molar-refractivity contribution in [2.75, 3.05) is 5.75 Å². The van der Waals surface area contributed by atoms with E-state index in [1.165, 1.54) is 60.9 Å². The van der Waals surface area contributed by atoms with Crippen LogP contribution in [0.4, 0.5) is 0 Å². The van der Waals surface area contributed by atoms with Crippen LogP contribution in [0, 0.1) is 0 Å². The van der Waals surface area contributed by atoms with Gasteiger partial charge in [-0.05, 0) is 32.1 Å². The molecule has 1 aliphatic rings. The number of aromatic nitrogens is 3. The van der Waals surface area contributed by atoms with Gasteiger partial charge in [-0.2, -0.15) is 0 Å². The normalized spacial score (nSPS) is 15.8. The Morgan fingerprint density at radius 3 is 2.72 bits per heavy atom. The molecule has 0 unspecified atom stereocenters. The zero-order chi connectivity index (χ0) is 20.3. The van der Waals surface area contributed by atoms with Crippen LogP contribution in [0.1, 0.15) is 77.0 Å². The van der Waals surface area contributed by atoms with E-state index in [2.05, 4.69) is 36.8 Å². The zero-order valence-electron chi connectivity index (χ0n) is 17.8. The Labute approximate surface area is 181 Å². The van der Waals surface area contributed by atoms with Crippen molar-refractivity contribution < 1.29 is 4.74 Å². The molecule has 0 fully saturated rings. The highest BCUT2D eigenvalue weighted by Crippen LogP contribution is 2.39. The van der Waals surface area contributed by atoms with Gasteiger partial charge in [-0.3, -0.25) is 0 Å². The minimum absolute atomic E-state index is 0.137. The number of unbranched alkanes of at least 4 members (excludes halogenated alkanes) is 6. The first kappa shape index (κ1) is 21.0. The van der Waals surface area contributed by atoms with Gasteiger partial charge < -0.3 is 4.74 Å². The molecule has 156 valence electrons. The summed E-state index contributed by atoms with van der Waals surface area (Å²) in [4.78, 5) is 15.3. The van der Waals surface area contributed by atoms with E-state index in [0.29, 0.717) is 6.61 Å². The summed E-state index contributed by atoms with van der Waals surface area (Å²) >= 11 is 3.61. The molecule has 3 aromatic rings. The van der Waals surface area contributed by atoms with Crippen LogP contribution in [0.15, 0.2) is 17.4 Å². The van der Waals surface area contributed by atoms with Crippen LogP contribution in [0.5, 0.6) is 0 Å². The van der Waals surface area contributed by atoms with Crippen LogP contribution >= 0.6 is 23.1 Å². The fourth-order valence-corrected chi connectivity index (χ4v) is 6.10. The lowest BCUT2D eigenvalue weighted by Crippen LogP contribution is -2.32. The van der Waals surface area contributed by atoms with Gasteiger partial charge in [-0.1, -0.05) is 45.4 Å². The highest BCUT2D eigenvalue weighted by Gasteiger charge is 2.28. The van der Waals surface area contributed by atoms with Crippen LogP contribution < -0.4 is 0 Å². The van der Waals surface area contributed by atoms with E-state index in [-0.39, 0.29) is 5.60 Å². The summed E-state index contributed by atoms with van der Waals surface area (Å²) in [6.45, 7) is 7.17. The van der Waals surface area contributed by atoms with Gasteiger partial charge >= 0.3 is 0 Å². The number of ether oxygens (including phenoxy) is 1. The predicted molar refractivity (Wildman–Crippen MR) is 124 cm³/mol. The maximum atomic E-state index is 5.99. The third-order valence-corrected chi connectivity index (χ3v) is 7.88. The number of pyridine rings is 1. The maximum absolute atomic E-state index is 5.99. The molecule has 0 spiro atoms. The molecule has 0 bridgehead atoms. The van der Waals surface area contributed by atoms with Gasteiger partial charge in [0.15, 0.2) is 0 Å². The number of rotatable bonds is 9. The van der Waals surface area contributed by atoms with Crippen molar-refractivity contribution in [1.29, 1.82) is 0 Å². The van der Waals surface area contributed by atoms with Gasteiger partial charge in [-0.15, -0.1) is 23.1 Å².